The summed E-state index contributed by atoms with van der Waals surface area (Å²) in [5.41, 5.74) is 7.97. The molecule has 1 saturated carbocycles. The van der Waals surface area contributed by atoms with E-state index in [1.54, 1.807) is 52.7 Å². The summed E-state index contributed by atoms with van der Waals surface area (Å²) in [4.78, 5) is 23.4. The zero-order valence-electron chi connectivity index (χ0n) is 68.3. The molecule has 1 aliphatic rings. The highest BCUT2D eigenvalue weighted by Gasteiger charge is 2.58. The SMILES string of the molecule is C/C=C/CC/C=C\CC(C/C=C\CC/C=C/C)(CC(CC(c1ccccc1)C(C)C)c1ccccc1)C(C)C.C/C=C/CC/C=C\CC(C/C=C\CC/C=C/C)(CC(CC(c1ccccc1)C(C)C)c1ccccc1)C(C)C.COC.COC.O=C(O)C1C(c2ccccc2)C(C(=O)O)C1c1ccccc1. The first-order chi connectivity index (χ1) is 51.3. The number of methoxy groups -OCH3 is 2. The average Bonchev–Trinajstić information content (AvgIpc) is 0.727. The third-order valence-corrected chi connectivity index (χ3v) is 21.6. The maximum Gasteiger partial charge on any atom is 0.307 e. The van der Waals surface area contributed by atoms with E-state index < -0.39 is 35.6 Å². The minimum Gasteiger partial charge on any atom is -0.481 e. The van der Waals surface area contributed by atoms with Crippen LogP contribution in [0.4, 0.5) is 0 Å². The number of carboxylic acid groups (broad SMARTS) is 2. The van der Waals surface area contributed by atoms with Crippen LogP contribution in [0.15, 0.2) is 279 Å². The summed E-state index contributed by atoms with van der Waals surface area (Å²) in [5.74, 6) is 0.220. The van der Waals surface area contributed by atoms with E-state index in [9.17, 15) is 19.8 Å². The van der Waals surface area contributed by atoms with E-state index in [2.05, 4.69) is 311 Å². The molecule has 576 valence electrons. The molecule has 7 rings (SSSR count). The second kappa shape index (κ2) is 54.6. The summed E-state index contributed by atoms with van der Waals surface area (Å²) in [6, 6.07) is 63.3. The molecule has 0 saturated heterocycles. The van der Waals surface area contributed by atoms with Crippen molar-refractivity contribution >= 4 is 11.9 Å². The number of hydrogen-bond donors (Lipinski definition) is 2. The van der Waals surface area contributed by atoms with Crippen molar-refractivity contribution in [2.45, 2.75) is 221 Å². The van der Waals surface area contributed by atoms with Crippen molar-refractivity contribution in [3.63, 3.8) is 0 Å². The fourth-order valence-corrected chi connectivity index (χ4v) is 15.3. The van der Waals surface area contributed by atoms with Gasteiger partial charge < -0.3 is 19.7 Å². The Balaban J connectivity index is 0.000000410. The fourth-order valence-electron chi connectivity index (χ4n) is 15.3. The summed E-state index contributed by atoms with van der Waals surface area (Å²) in [7, 11) is 6.50. The molecular weight excluding hydrogens is 1300 g/mol. The van der Waals surface area contributed by atoms with Gasteiger partial charge in [0.2, 0.25) is 0 Å². The third kappa shape index (κ3) is 33.1. The molecule has 0 aliphatic heterocycles. The van der Waals surface area contributed by atoms with Crippen molar-refractivity contribution < 1.29 is 29.3 Å². The summed E-state index contributed by atoms with van der Waals surface area (Å²) >= 11 is 0. The summed E-state index contributed by atoms with van der Waals surface area (Å²) in [6.07, 6.45) is 55.8. The first-order valence-electron chi connectivity index (χ1n) is 39.9. The topological polar surface area (TPSA) is 93.1 Å². The second-order valence-electron chi connectivity index (χ2n) is 30.4. The van der Waals surface area contributed by atoms with E-state index in [0.717, 1.165) is 88.2 Å². The van der Waals surface area contributed by atoms with Crippen LogP contribution in [0.1, 0.15) is 255 Å². The molecule has 1 aliphatic carbocycles. The van der Waals surface area contributed by atoms with Crippen molar-refractivity contribution in [3.05, 3.63) is 313 Å². The lowest BCUT2D eigenvalue weighted by Crippen LogP contribution is -2.50. The summed E-state index contributed by atoms with van der Waals surface area (Å²) in [6.45, 7) is 27.9. The maximum atomic E-state index is 11.7. The van der Waals surface area contributed by atoms with Gasteiger partial charge in [0.15, 0.2) is 0 Å². The van der Waals surface area contributed by atoms with Crippen LogP contribution in [0.5, 0.6) is 0 Å². The van der Waals surface area contributed by atoms with Gasteiger partial charge in [0.1, 0.15) is 0 Å². The Morgan fingerprint density at radius 2 is 0.557 bits per heavy atom. The maximum absolute atomic E-state index is 11.7. The predicted molar refractivity (Wildman–Crippen MR) is 457 cm³/mol. The molecular formula is C100H140O6. The lowest BCUT2D eigenvalue weighted by Gasteiger charge is -2.48. The molecule has 6 aromatic rings. The molecule has 6 aromatic carbocycles. The van der Waals surface area contributed by atoms with E-state index in [-0.39, 0.29) is 10.8 Å². The molecule has 6 nitrogen and oxygen atoms in total. The number of ether oxygens (including phenoxy) is 2. The van der Waals surface area contributed by atoms with Crippen LogP contribution in [0, 0.1) is 46.3 Å². The van der Waals surface area contributed by atoms with E-state index in [1.807, 2.05) is 36.4 Å². The average molecular weight is 1440 g/mol. The summed E-state index contributed by atoms with van der Waals surface area (Å²) < 4.78 is 8.50. The molecule has 4 atom stereocenters. The number of carbonyl (C=O) groups is 2. The van der Waals surface area contributed by atoms with Crippen molar-refractivity contribution in [2.75, 3.05) is 28.4 Å². The van der Waals surface area contributed by atoms with E-state index in [1.165, 1.54) is 47.9 Å². The van der Waals surface area contributed by atoms with Gasteiger partial charge in [0, 0.05) is 40.3 Å². The molecule has 0 aromatic heterocycles. The van der Waals surface area contributed by atoms with Gasteiger partial charge in [-0.25, -0.2) is 0 Å². The van der Waals surface area contributed by atoms with Crippen LogP contribution in [-0.4, -0.2) is 50.6 Å². The minimum atomic E-state index is -0.944. The van der Waals surface area contributed by atoms with Crippen LogP contribution in [-0.2, 0) is 19.1 Å². The molecule has 0 amide bonds. The molecule has 4 unspecified atom stereocenters. The van der Waals surface area contributed by atoms with Crippen molar-refractivity contribution in [3.8, 4) is 0 Å². The number of unbranched alkanes of at least 4 members (excludes halogenated alkanes) is 4. The molecule has 6 heteroatoms. The number of aliphatic carboxylic acids is 2. The van der Waals surface area contributed by atoms with Gasteiger partial charge in [-0.2, -0.15) is 0 Å². The Morgan fingerprint density at radius 3 is 0.764 bits per heavy atom. The fraction of sp³-hybridized carbons (Fsp3) is 0.460. The van der Waals surface area contributed by atoms with Crippen LogP contribution in [0.2, 0.25) is 0 Å². The van der Waals surface area contributed by atoms with Gasteiger partial charge in [-0.15, -0.1) is 0 Å². The van der Waals surface area contributed by atoms with Crippen LogP contribution in [0.25, 0.3) is 0 Å². The molecule has 0 bridgehead atoms. The number of allylic oxidation sites excluding steroid dienone is 16. The highest BCUT2D eigenvalue weighted by atomic mass is 16.5. The molecule has 0 heterocycles. The van der Waals surface area contributed by atoms with Gasteiger partial charge in [0.05, 0.1) is 11.8 Å². The number of rotatable bonds is 40. The first-order valence-corrected chi connectivity index (χ1v) is 39.9. The molecule has 1 fully saturated rings. The van der Waals surface area contributed by atoms with Gasteiger partial charge in [-0.05, 0) is 222 Å². The highest BCUT2D eigenvalue weighted by Crippen LogP contribution is 2.58. The Labute approximate surface area is 646 Å². The van der Waals surface area contributed by atoms with Gasteiger partial charge >= 0.3 is 11.9 Å². The molecule has 0 radical (unpaired) electrons. The Hall–Kier alpha value is -7.90. The Kier molecular flexibility index (Phi) is 47.6. The number of carboxylic acids is 2. The van der Waals surface area contributed by atoms with Crippen molar-refractivity contribution in [1.29, 1.82) is 0 Å². The quantitative estimate of drug-likeness (QED) is 0.0294. The minimum absolute atomic E-state index is 0.229. The first kappa shape index (κ1) is 92.3. The number of hydrogen-bond acceptors (Lipinski definition) is 4. The highest BCUT2D eigenvalue weighted by molar-refractivity contribution is 5.83. The van der Waals surface area contributed by atoms with Gasteiger partial charge in [0.25, 0.3) is 0 Å². The van der Waals surface area contributed by atoms with Gasteiger partial charge in [-0.1, -0.05) is 335 Å². The molecule has 106 heavy (non-hydrogen) atoms. The zero-order valence-corrected chi connectivity index (χ0v) is 68.3. The smallest absolute Gasteiger partial charge is 0.307 e. The van der Waals surface area contributed by atoms with E-state index >= 15 is 0 Å². The van der Waals surface area contributed by atoms with Crippen LogP contribution in [0.3, 0.4) is 0 Å². The Bertz CT molecular complexity index is 3130. The lowest BCUT2D eigenvalue weighted by atomic mass is 9.52. The van der Waals surface area contributed by atoms with Gasteiger partial charge in [-0.3, -0.25) is 9.59 Å². The largest absolute Gasteiger partial charge is 0.481 e. The standard InChI is InChI=1S/2C39H56.C18H16O4.2C2H6O/c2*1-7-9-11-13-15-23-29-39(34(5)6,30-24-16-14-12-10-8-2)32-37(35-25-19-17-20-26-35)31-38(33(3)4)36-27-21-18-22-28-36;19-17(20)15-13(11-7-3-1-4-8-11)16(18(21)22)14(15)12-9-5-2-6-10-12;2*1-3-2/h2*7-10,15-28,33-34,37-38H,11-14,29-32H2,1-6H3;1-10,13-16H,(H,19,20)(H,21,22);2*1-2H3/b2*9-7+,10-8+,23-15-,24-16-;;;. The summed E-state index contributed by atoms with van der Waals surface area (Å²) in [5, 5.41) is 19.2. The normalized spacial score (nSPS) is 16.6. The van der Waals surface area contributed by atoms with E-state index in [0.29, 0.717) is 47.3 Å². The monoisotopic (exact) mass is 1440 g/mol. The predicted octanol–water partition coefficient (Wildman–Crippen LogP) is 28.0. The van der Waals surface area contributed by atoms with Crippen LogP contribution < -0.4 is 0 Å². The third-order valence-electron chi connectivity index (χ3n) is 21.6. The lowest BCUT2D eigenvalue weighted by molar-refractivity contribution is -0.159. The second-order valence-corrected chi connectivity index (χ2v) is 30.4. The Morgan fingerprint density at radius 1 is 0.340 bits per heavy atom. The van der Waals surface area contributed by atoms with Crippen LogP contribution >= 0.6 is 0 Å². The van der Waals surface area contributed by atoms with Crippen molar-refractivity contribution in [2.24, 2.45) is 46.3 Å². The number of benzene rings is 6. The zero-order chi connectivity index (χ0) is 77.8. The van der Waals surface area contributed by atoms with Crippen molar-refractivity contribution in [1.82, 2.24) is 0 Å². The van der Waals surface area contributed by atoms with E-state index in [4.69, 9.17) is 0 Å². The molecule has 0 spiro atoms. The molecule has 2 N–H and O–H groups in total.